The summed E-state index contributed by atoms with van der Waals surface area (Å²) >= 11 is 0. The monoisotopic (exact) mass is 262 g/mol. The van der Waals surface area contributed by atoms with Crippen LogP contribution in [0.1, 0.15) is 44.9 Å². The van der Waals surface area contributed by atoms with Gasteiger partial charge in [0.1, 0.15) is 0 Å². The maximum atomic E-state index is 12.4. The quantitative estimate of drug-likeness (QED) is 0.779. The molecule has 104 valence electrons. The Morgan fingerprint density at radius 1 is 1.42 bits per heavy atom. The number of hydrogen-bond donors (Lipinski definition) is 0. The number of aromatic nitrogens is 1. The van der Waals surface area contributed by atoms with E-state index >= 15 is 0 Å². The molecule has 4 nitrogen and oxygen atoms in total. The van der Waals surface area contributed by atoms with Gasteiger partial charge < -0.3 is 9.47 Å². The summed E-state index contributed by atoms with van der Waals surface area (Å²) in [6, 6.07) is 1.91. The highest BCUT2D eigenvalue weighted by molar-refractivity contribution is 5.80. The molecule has 1 amide bonds. The van der Waals surface area contributed by atoms with E-state index < -0.39 is 0 Å². The van der Waals surface area contributed by atoms with Crippen LogP contribution in [0.2, 0.25) is 0 Å². The molecular formula is C15H22N2O2. The lowest BCUT2D eigenvalue weighted by Gasteiger charge is -2.20. The van der Waals surface area contributed by atoms with E-state index in [1.165, 1.54) is 0 Å². The van der Waals surface area contributed by atoms with Crippen molar-refractivity contribution in [1.29, 1.82) is 0 Å². The zero-order chi connectivity index (χ0) is 14.2. The number of carbonyl (C=O) groups excluding carboxylic acids is 1. The molecule has 0 aromatic carbocycles. The van der Waals surface area contributed by atoms with Gasteiger partial charge in [-0.1, -0.05) is 27.2 Å². The molecule has 0 bridgehead atoms. The Morgan fingerprint density at radius 3 is 2.68 bits per heavy atom. The largest absolute Gasteiger partial charge is 0.313 e. The number of nitrogens with zero attached hydrogens (tertiary/aromatic N) is 2. The number of rotatable bonds is 4. The van der Waals surface area contributed by atoms with Crippen molar-refractivity contribution >= 4 is 12.1 Å². The second kappa shape index (κ2) is 4.83. The summed E-state index contributed by atoms with van der Waals surface area (Å²) < 4.78 is 1.73. The van der Waals surface area contributed by atoms with E-state index in [0.29, 0.717) is 6.54 Å². The van der Waals surface area contributed by atoms with Crippen LogP contribution in [0.5, 0.6) is 0 Å². The summed E-state index contributed by atoms with van der Waals surface area (Å²) in [7, 11) is 1.81. The van der Waals surface area contributed by atoms with Gasteiger partial charge >= 0.3 is 0 Å². The molecule has 1 aliphatic heterocycles. The summed E-state index contributed by atoms with van der Waals surface area (Å²) in [4.78, 5) is 25.3. The zero-order valence-electron chi connectivity index (χ0n) is 12.2. The van der Waals surface area contributed by atoms with Gasteiger partial charge in [0, 0.05) is 24.6 Å². The highest BCUT2D eigenvalue weighted by Gasteiger charge is 2.38. The molecule has 0 N–H and O–H groups in total. The van der Waals surface area contributed by atoms with E-state index in [1.54, 1.807) is 9.47 Å². The van der Waals surface area contributed by atoms with Gasteiger partial charge in [-0.25, -0.2) is 0 Å². The molecular weight excluding hydrogens is 240 g/mol. The molecule has 1 aromatic rings. The number of carbonyl (C=O) groups is 1. The Morgan fingerprint density at radius 2 is 2.11 bits per heavy atom. The highest BCUT2D eigenvalue weighted by atomic mass is 16.1. The van der Waals surface area contributed by atoms with Gasteiger partial charge in [-0.05, 0) is 18.9 Å². The van der Waals surface area contributed by atoms with Gasteiger partial charge in [0.2, 0.25) is 6.41 Å². The van der Waals surface area contributed by atoms with Crippen LogP contribution in [0.15, 0.2) is 10.9 Å². The van der Waals surface area contributed by atoms with Crippen molar-refractivity contribution in [3.05, 3.63) is 27.7 Å². The molecule has 0 radical (unpaired) electrons. The number of unbranched alkanes of at least 4 members (excludes halogenated alkanes) is 1. The third-order valence-electron chi connectivity index (χ3n) is 3.91. The van der Waals surface area contributed by atoms with Gasteiger partial charge in [-0.15, -0.1) is 0 Å². The van der Waals surface area contributed by atoms with Crippen LogP contribution in [-0.2, 0) is 23.7 Å². The molecule has 0 atom stereocenters. The molecule has 2 rings (SSSR count). The second-order valence-electron chi connectivity index (χ2n) is 5.99. The second-order valence-corrected chi connectivity index (χ2v) is 5.99. The minimum atomic E-state index is -0.173. The Kier molecular flexibility index (Phi) is 3.52. The van der Waals surface area contributed by atoms with E-state index in [0.717, 1.165) is 42.6 Å². The number of hydrogen-bond acceptors (Lipinski definition) is 2. The highest BCUT2D eigenvalue weighted by Crippen LogP contribution is 2.38. The minimum absolute atomic E-state index is 0.0769. The number of pyridine rings is 1. The first kappa shape index (κ1) is 13.8. The molecule has 0 spiro atoms. The number of fused-ring (bicyclic) bond motifs is 1. The summed E-state index contributed by atoms with van der Waals surface area (Å²) in [5.41, 5.74) is 2.58. The van der Waals surface area contributed by atoms with Gasteiger partial charge in [-0.3, -0.25) is 9.59 Å². The third-order valence-corrected chi connectivity index (χ3v) is 3.91. The maximum absolute atomic E-state index is 12.4. The van der Waals surface area contributed by atoms with Gasteiger partial charge in [0.15, 0.2) is 0 Å². The minimum Gasteiger partial charge on any atom is -0.313 e. The number of anilines is 1. The van der Waals surface area contributed by atoms with Crippen LogP contribution in [-0.4, -0.2) is 17.5 Å². The van der Waals surface area contributed by atoms with Crippen molar-refractivity contribution in [2.24, 2.45) is 7.05 Å². The first-order valence-corrected chi connectivity index (χ1v) is 6.87. The molecule has 1 aromatic heterocycles. The van der Waals surface area contributed by atoms with Crippen molar-refractivity contribution in [1.82, 2.24) is 4.57 Å². The fourth-order valence-corrected chi connectivity index (χ4v) is 3.03. The molecule has 0 aliphatic carbocycles. The summed E-state index contributed by atoms with van der Waals surface area (Å²) in [5, 5.41) is 0. The molecule has 19 heavy (non-hydrogen) atoms. The van der Waals surface area contributed by atoms with Crippen LogP contribution < -0.4 is 10.5 Å². The Labute approximate surface area is 114 Å². The summed E-state index contributed by atoms with van der Waals surface area (Å²) in [5.74, 6) is 0. The molecule has 2 heterocycles. The topological polar surface area (TPSA) is 42.3 Å². The molecule has 1 aliphatic rings. The van der Waals surface area contributed by atoms with Crippen LogP contribution in [0.25, 0.3) is 0 Å². The number of amides is 1. The van der Waals surface area contributed by atoms with Gasteiger partial charge in [0.25, 0.3) is 5.56 Å². The fourth-order valence-electron chi connectivity index (χ4n) is 3.03. The van der Waals surface area contributed by atoms with Crippen LogP contribution in [0, 0.1) is 0 Å². The maximum Gasteiger partial charge on any atom is 0.253 e. The SMILES string of the molecule is CCCCc1cc2c(n(C)c1=O)C(C)(C)CN2C=O. The zero-order valence-corrected chi connectivity index (χ0v) is 12.2. The number of aryl methyl sites for hydroxylation is 1. The predicted octanol–water partition coefficient (Wildman–Crippen LogP) is 1.98. The molecule has 0 saturated carbocycles. The molecule has 0 unspecified atom stereocenters. The molecule has 0 fully saturated rings. The van der Waals surface area contributed by atoms with Crippen molar-refractivity contribution in [3.8, 4) is 0 Å². The van der Waals surface area contributed by atoms with E-state index in [1.807, 2.05) is 13.1 Å². The lowest BCUT2D eigenvalue weighted by atomic mass is 9.90. The van der Waals surface area contributed by atoms with E-state index in [2.05, 4.69) is 20.8 Å². The Bertz CT molecular complexity index is 558. The smallest absolute Gasteiger partial charge is 0.253 e. The molecule has 4 heteroatoms. The first-order chi connectivity index (χ1) is 8.92. The summed E-state index contributed by atoms with van der Waals surface area (Å²) in [6.07, 6.45) is 3.70. The van der Waals surface area contributed by atoms with Crippen molar-refractivity contribution in [2.75, 3.05) is 11.4 Å². The van der Waals surface area contributed by atoms with Crippen LogP contribution in [0.3, 0.4) is 0 Å². The van der Waals surface area contributed by atoms with Crippen molar-refractivity contribution in [3.63, 3.8) is 0 Å². The van der Waals surface area contributed by atoms with Crippen LogP contribution in [0.4, 0.5) is 5.69 Å². The van der Waals surface area contributed by atoms with Gasteiger partial charge in [-0.2, -0.15) is 0 Å². The third kappa shape index (κ3) is 2.20. The van der Waals surface area contributed by atoms with Gasteiger partial charge in [0.05, 0.1) is 11.4 Å². The average Bonchev–Trinajstić information content (AvgIpc) is 2.63. The first-order valence-electron chi connectivity index (χ1n) is 6.87. The Hall–Kier alpha value is -1.58. The van der Waals surface area contributed by atoms with E-state index in [4.69, 9.17) is 0 Å². The average molecular weight is 262 g/mol. The standard InChI is InChI=1S/C15H22N2O2/c1-5-6-7-11-8-12-13(16(4)14(11)19)15(2,3)9-17(12)10-18/h8,10H,5-7,9H2,1-4H3. The van der Waals surface area contributed by atoms with E-state index in [9.17, 15) is 9.59 Å². The lowest BCUT2D eigenvalue weighted by molar-refractivity contribution is -0.107. The van der Waals surface area contributed by atoms with Crippen LogP contribution >= 0.6 is 0 Å². The lowest BCUT2D eigenvalue weighted by Crippen LogP contribution is -2.30. The normalized spacial score (nSPS) is 16.5. The van der Waals surface area contributed by atoms with Crippen molar-refractivity contribution < 1.29 is 4.79 Å². The van der Waals surface area contributed by atoms with E-state index in [-0.39, 0.29) is 11.0 Å². The Balaban J connectivity index is 2.60. The molecule has 0 saturated heterocycles. The van der Waals surface area contributed by atoms with Crippen molar-refractivity contribution in [2.45, 2.75) is 45.4 Å². The predicted molar refractivity (Wildman–Crippen MR) is 76.7 cm³/mol. The summed E-state index contributed by atoms with van der Waals surface area (Å²) in [6.45, 7) is 6.88. The fraction of sp³-hybridized carbons (Fsp3) is 0.600.